The minimum atomic E-state index is -0.574. The molecule has 0 fully saturated rings. The first-order valence-corrected chi connectivity index (χ1v) is 4.87. The van der Waals surface area contributed by atoms with E-state index in [0.29, 0.717) is 15.6 Å². The van der Waals surface area contributed by atoms with Gasteiger partial charge >= 0.3 is 0 Å². The highest BCUT2D eigenvalue weighted by Gasteiger charge is 2.06. The Balaban J connectivity index is 2.81. The van der Waals surface area contributed by atoms with Gasteiger partial charge in [-0.15, -0.1) is 0 Å². The molecule has 60 valence electrons. The summed E-state index contributed by atoms with van der Waals surface area (Å²) in [7, 11) is 0. The third kappa shape index (κ3) is 2.50. The monoisotopic (exact) mass is 280 g/mol. The van der Waals surface area contributed by atoms with Gasteiger partial charge in [0.05, 0.1) is 18.1 Å². The Kier molecular flexibility index (Phi) is 3.42. The minimum Gasteiger partial charge on any atom is -0.386 e. The number of alkyl halides is 1. The molecule has 0 radical (unpaired) electrons. The van der Waals surface area contributed by atoms with Crippen LogP contribution in [0.5, 0.6) is 0 Å². The lowest BCUT2D eigenvalue weighted by atomic mass is 10.3. The summed E-state index contributed by atoms with van der Waals surface area (Å²) in [6.07, 6.45) is 2.52. The normalized spacial score (nSPS) is 13.0. The van der Waals surface area contributed by atoms with Gasteiger partial charge in [-0.05, 0) is 15.9 Å². The first-order valence-electron chi connectivity index (χ1n) is 2.95. The Morgan fingerprint density at radius 3 is 2.64 bits per heavy atom. The summed E-state index contributed by atoms with van der Waals surface area (Å²) in [6.45, 7) is 0. The van der Waals surface area contributed by atoms with E-state index in [2.05, 4.69) is 41.8 Å². The molecule has 0 bridgehead atoms. The first-order chi connectivity index (χ1) is 5.24. The van der Waals surface area contributed by atoms with Crippen molar-refractivity contribution < 1.29 is 5.11 Å². The molecule has 0 aliphatic heterocycles. The second-order valence-electron chi connectivity index (χ2n) is 1.93. The van der Waals surface area contributed by atoms with Crippen molar-refractivity contribution in [2.24, 2.45) is 0 Å². The number of rotatable bonds is 2. The molecule has 0 saturated heterocycles. The van der Waals surface area contributed by atoms with E-state index >= 15 is 0 Å². The van der Waals surface area contributed by atoms with Gasteiger partial charge < -0.3 is 5.11 Å². The molecular weight excluding hydrogens is 276 g/mol. The second-order valence-corrected chi connectivity index (χ2v) is 3.39. The van der Waals surface area contributed by atoms with E-state index in [1.54, 1.807) is 6.20 Å². The maximum Gasteiger partial charge on any atom is 0.124 e. The van der Waals surface area contributed by atoms with Crippen molar-refractivity contribution in [2.45, 2.75) is 6.10 Å². The van der Waals surface area contributed by atoms with Gasteiger partial charge in [0.1, 0.15) is 10.7 Å². The van der Waals surface area contributed by atoms with Gasteiger partial charge in [-0.2, -0.15) is 0 Å². The summed E-state index contributed by atoms with van der Waals surface area (Å²) in [5, 5.41) is 9.73. The highest BCUT2D eigenvalue weighted by Crippen LogP contribution is 2.12. The molecule has 3 nitrogen and oxygen atoms in total. The zero-order valence-electron chi connectivity index (χ0n) is 5.54. The van der Waals surface area contributed by atoms with E-state index in [4.69, 9.17) is 0 Å². The zero-order chi connectivity index (χ0) is 8.27. The van der Waals surface area contributed by atoms with Crippen LogP contribution in [0.25, 0.3) is 0 Å². The Labute approximate surface area is 81.1 Å². The van der Waals surface area contributed by atoms with Crippen LogP contribution in [0, 0.1) is 0 Å². The van der Waals surface area contributed by atoms with Crippen LogP contribution in [0.1, 0.15) is 11.8 Å². The van der Waals surface area contributed by atoms with E-state index in [1.807, 2.05) is 0 Å². The highest BCUT2D eigenvalue weighted by atomic mass is 79.9. The fourth-order valence-corrected chi connectivity index (χ4v) is 1.11. The molecular formula is C6H6Br2N2O. The lowest BCUT2D eigenvalue weighted by molar-refractivity contribution is 0.200. The minimum absolute atomic E-state index is 0.476. The number of nitrogens with zero attached hydrogens (tertiary/aromatic N) is 2. The van der Waals surface area contributed by atoms with Crippen molar-refractivity contribution in [3.63, 3.8) is 0 Å². The van der Waals surface area contributed by atoms with Crippen LogP contribution in [-0.4, -0.2) is 20.4 Å². The van der Waals surface area contributed by atoms with Gasteiger partial charge in [0.2, 0.25) is 0 Å². The molecule has 1 N–H and O–H groups in total. The molecule has 0 spiro atoms. The molecule has 11 heavy (non-hydrogen) atoms. The third-order valence-corrected chi connectivity index (χ3v) is 2.15. The maximum absolute atomic E-state index is 9.26. The molecule has 0 aromatic carbocycles. The predicted molar refractivity (Wildman–Crippen MR) is 48.5 cm³/mol. The van der Waals surface area contributed by atoms with Crippen molar-refractivity contribution in [2.75, 3.05) is 5.33 Å². The lowest BCUT2D eigenvalue weighted by Gasteiger charge is -2.03. The smallest absolute Gasteiger partial charge is 0.124 e. The van der Waals surface area contributed by atoms with Crippen LogP contribution in [-0.2, 0) is 0 Å². The largest absolute Gasteiger partial charge is 0.386 e. The fraction of sp³-hybridized carbons (Fsp3) is 0.333. The van der Waals surface area contributed by atoms with E-state index in [1.165, 1.54) is 6.20 Å². The molecule has 0 aliphatic rings. The summed E-state index contributed by atoms with van der Waals surface area (Å²) in [5.41, 5.74) is 0.574. The summed E-state index contributed by atoms with van der Waals surface area (Å²) in [6, 6.07) is 0. The summed E-state index contributed by atoms with van der Waals surface area (Å²) < 4.78 is 0.669. The topological polar surface area (TPSA) is 46.0 Å². The number of hydrogen-bond acceptors (Lipinski definition) is 3. The predicted octanol–water partition coefficient (Wildman–Crippen LogP) is 1.67. The molecule has 1 aromatic rings. The number of aliphatic hydroxyl groups is 1. The van der Waals surface area contributed by atoms with Crippen molar-refractivity contribution in [1.82, 2.24) is 9.97 Å². The van der Waals surface area contributed by atoms with Gasteiger partial charge in [0.25, 0.3) is 0 Å². The van der Waals surface area contributed by atoms with Crippen molar-refractivity contribution in [1.29, 1.82) is 0 Å². The Morgan fingerprint density at radius 2 is 2.18 bits per heavy atom. The van der Waals surface area contributed by atoms with Crippen molar-refractivity contribution in [3.05, 3.63) is 22.7 Å². The standard InChI is InChI=1S/C6H6Br2N2O/c7-1-5(11)4-2-10-6(8)3-9-4/h2-3,5,11H,1H2. The molecule has 0 saturated carbocycles. The van der Waals surface area contributed by atoms with Crippen LogP contribution < -0.4 is 0 Å². The van der Waals surface area contributed by atoms with Crippen molar-refractivity contribution >= 4 is 31.9 Å². The van der Waals surface area contributed by atoms with Crippen LogP contribution in [0.2, 0.25) is 0 Å². The molecule has 1 rings (SSSR count). The van der Waals surface area contributed by atoms with Crippen LogP contribution in [0.4, 0.5) is 0 Å². The maximum atomic E-state index is 9.26. The fourth-order valence-electron chi connectivity index (χ4n) is 0.573. The SMILES string of the molecule is OC(CBr)c1cnc(Br)cn1. The Hall–Kier alpha value is -0.0000000000000000555. The number of aliphatic hydroxyl groups excluding tert-OH is 1. The van der Waals surface area contributed by atoms with Gasteiger partial charge in [0, 0.05) is 5.33 Å². The van der Waals surface area contributed by atoms with Crippen molar-refractivity contribution in [3.8, 4) is 0 Å². The molecule has 1 heterocycles. The first kappa shape index (κ1) is 9.09. The summed E-state index contributed by atoms with van der Waals surface area (Å²) >= 11 is 6.29. The van der Waals surface area contributed by atoms with Gasteiger partial charge in [-0.1, -0.05) is 15.9 Å². The quantitative estimate of drug-likeness (QED) is 0.839. The van der Waals surface area contributed by atoms with E-state index < -0.39 is 6.10 Å². The van der Waals surface area contributed by atoms with E-state index in [-0.39, 0.29) is 0 Å². The Bertz CT molecular complexity index is 227. The second kappa shape index (κ2) is 4.13. The molecule has 0 aliphatic carbocycles. The molecule has 1 unspecified atom stereocenters. The van der Waals surface area contributed by atoms with Gasteiger partial charge in [0.15, 0.2) is 0 Å². The number of halogens is 2. The summed E-state index contributed by atoms with van der Waals surface area (Å²) in [5.74, 6) is 0. The lowest BCUT2D eigenvalue weighted by Crippen LogP contribution is -2.01. The van der Waals surface area contributed by atoms with Gasteiger partial charge in [-0.25, -0.2) is 4.98 Å². The Morgan fingerprint density at radius 1 is 1.45 bits per heavy atom. The van der Waals surface area contributed by atoms with Crippen LogP contribution in [0.3, 0.4) is 0 Å². The van der Waals surface area contributed by atoms with Crippen LogP contribution in [0.15, 0.2) is 17.0 Å². The number of aromatic nitrogens is 2. The molecule has 1 atom stereocenters. The number of hydrogen-bond donors (Lipinski definition) is 1. The van der Waals surface area contributed by atoms with E-state index in [9.17, 15) is 5.11 Å². The molecule has 5 heteroatoms. The van der Waals surface area contributed by atoms with E-state index in [0.717, 1.165) is 0 Å². The van der Waals surface area contributed by atoms with Crippen LogP contribution >= 0.6 is 31.9 Å². The van der Waals surface area contributed by atoms with Gasteiger partial charge in [-0.3, -0.25) is 4.98 Å². The third-order valence-electron chi connectivity index (χ3n) is 1.13. The molecule has 1 aromatic heterocycles. The average molecular weight is 282 g/mol. The average Bonchev–Trinajstić information content (AvgIpc) is 2.05. The highest BCUT2D eigenvalue weighted by molar-refractivity contribution is 9.10. The summed E-state index contributed by atoms with van der Waals surface area (Å²) in [4.78, 5) is 7.88. The molecule has 0 amide bonds. The zero-order valence-corrected chi connectivity index (χ0v) is 8.71.